The zero-order valence-electron chi connectivity index (χ0n) is 9.12. The SMILES string of the molecule is CC(N)CC1CC(c2cccc(F)c2)C1. The van der Waals surface area contributed by atoms with Crippen LogP contribution >= 0.6 is 0 Å². The van der Waals surface area contributed by atoms with Gasteiger partial charge in [-0.25, -0.2) is 4.39 Å². The summed E-state index contributed by atoms with van der Waals surface area (Å²) in [5.41, 5.74) is 6.90. The Hall–Kier alpha value is -0.890. The Morgan fingerprint density at radius 2 is 2.20 bits per heavy atom. The highest BCUT2D eigenvalue weighted by atomic mass is 19.1. The molecule has 1 unspecified atom stereocenters. The number of benzene rings is 1. The molecule has 1 fully saturated rings. The molecule has 1 nitrogen and oxygen atoms in total. The maximum atomic E-state index is 13.0. The van der Waals surface area contributed by atoms with Crippen LogP contribution in [0, 0.1) is 11.7 Å². The van der Waals surface area contributed by atoms with E-state index < -0.39 is 0 Å². The lowest BCUT2D eigenvalue weighted by Gasteiger charge is -2.36. The van der Waals surface area contributed by atoms with Gasteiger partial charge < -0.3 is 5.73 Å². The van der Waals surface area contributed by atoms with Crippen LogP contribution in [0.5, 0.6) is 0 Å². The highest BCUT2D eigenvalue weighted by Crippen LogP contribution is 2.43. The fourth-order valence-electron chi connectivity index (χ4n) is 2.49. The molecule has 1 aromatic rings. The van der Waals surface area contributed by atoms with Crippen molar-refractivity contribution in [3.05, 3.63) is 35.6 Å². The lowest BCUT2D eigenvalue weighted by Crippen LogP contribution is -2.28. The molecular weight excluding hydrogens is 189 g/mol. The third-order valence-corrected chi connectivity index (χ3v) is 3.26. The molecule has 0 radical (unpaired) electrons. The smallest absolute Gasteiger partial charge is 0.123 e. The topological polar surface area (TPSA) is 26.0 Å². The summed E-state index contributed by atoms with van der Waals surface area (Å²) in [6.07, 6.45) is 3.45. The van der Waals surface area contributed by atoms with Gasteiger partial charge in [0.25, 0.3) is 0 Å². The van der Waals surface area contributed by atoms with Gasteiger partial charge in [-0.05, 0) is 55.7 Å². The molecular formula is C13H18FN. The zero-order valence-corrected chi connectivity index (χ0v) is 9.12. The highest BCUT2D eigenvalue weighted by Gasteiger charge is 2.30. The average molecular weight is 207 g/mol. The molecule has 0 heterocycles. The standard InChI is InChI=1S/C13H18FN/c1-9(15)5-10-6-12(7-10)11-3-2-4-13(14)8-11/h2-4,8-10,12H,5-7,15H2,1H3. The Kier molecular flexibility index (Phi) is 3.06. The summed E-state index contributed by atoms with van der Waals surface area (Å²) in [5.74, 6) is 1.19. The maximum Gasteiger partial charge on any atom is 0.123 e. The molecule has 0 amide bonds. The van der Waals surface area contributed by atoms with Gasteiger partial charge in [-0.2, -0.15) is 0 Å². The first-order valence-corrected chi connectivity index (χ1v) is 5.66. The van der Waals surface area contributed by atoms with E-state index in [2.05, 4.69) is 6.92 Å². The van der Waals surface area contributed by atoms with Crippen molar-refractivity contribution in [2.45, 2.75) is 38.1 Å². The molecule has 0 spiro atoms. The van der Waals surface area contributed by atoms with Crippen molar-refractivity contribution in [1.82, 2.24) is 0 Å². The van der Waals surface area contributed by atoms with Gasteiger partial charge in [-0.3, -0.25) is 0 Å². The monoisotopic (exact) mass is 207 g/mol. The molecule has 2 heteroatoms. The molecule has 0 aromatic heterocycles. The number of rotatable bonds is 3. The van der Waals surface area contributed by atoms with E-state index in [1.165, 1.54) is 18.9 Å². The molecule has 1 atom stereocenters. The van der Waals surface area contributed by atoms with Crippen LogP contribution < -0.4 is 5.73 Å². The minimum atomic E-state index is -0.122. The fraction of sp³-hybridized carbons (Fsp3) is 0.538. The van der Waals surface area contributed by atoms with Crippen molar-refractivity contribution in [1.29, 1.82) is 0 Å². The molecule has 1 aliphatic carbocycles. The predicted octanol–water partition coefficient (Wildman–Crippen LogP) is 3.06. The molecule has 0 bridgehead atoms. The third-order valence-electron chi connectivity index (χ3n) is 3.26. The van der Waals surface area contributed by atoms with Gasteiger partial charge >= 0.3 is 0 Å². The third kappa shape index (κ3) is 2.57. The predicted molar refractivity (Wildman–Crippen MR) is 60.1 cm³/mol. The van der Waals surface area contributed by atoms with Gasteiger partial charge in [-0.15, -0.1) is 0 Å². The van der Waals surface area contributed by atoms with Gasteiger partial charge in [0.05, 0.1) is 0 Å². The molecule has 1 saturated carbocycles. The van der Waals surface area contributed by atoms with E-state index in [0.29, 0.717) is 12.0 Å². The number of nitrogens with two attached hydrogens (primary N) is 1. The van der Waals surface area contributed by atoms with Crippen molar-refractivity contribution >= 4 is 0 Å². The lowest BCUT2D eigenvalue weighted by atomic mass is 9.69. The van der Waals surface area contributed by atoms with Gasteiger partial charge in [0.15, 0.2) is 0 Å². The maximum absolute atomic E-state index is 13.0. The van der Waals surface area contributed by atoms with E-state index in [1.54, 1.807) is 12.1 Å². The largest absolute Gasteiger partial charge is 0.328 e. The van der Waals surface area contributed by atoms with Crippen LogP contribution in [0.3, 0.4) is 0 Å². The minimum Gasteiger partial charge on any atom is -0.328 e. The summed E-state index contributed by atoms with van der Waals surface area (Å²) < 4.78 is 13.0. The quantitative estimate of drug-likeness (QED) is 0.810. The van der Waals surface area contributed by atoms with Gasteiger partial charge in [-0.1, -0.05) is 12.1 Å². The Balaban J connectivity index is 1.89. The second-order valence-electron chi connectivity index (χ2n) is 4.80. The average Bonchev–Trinajstić information content (AvgIpc) is 2.10. The van der Waals surface area contributed by atoms with Crippen LogP contribution in [-0.2, 0) is 0 Å². The van der Waals surface area contributed by atoms with E-state index in [4.69, 9.17) is 5.73 Å². The van der Waals surface area contributed by atoms with E-state index in [-0.39, 0.29) is 5.82 Å². The van der Waals surface area contributed by atoms with Crippen LogP contribution in [-0.4, -0.2) is 6.04 Å². The summed E-state index contributed by atoms with van der Waals surface area (Å²) >= 11 is 0. The Labute approximate surface area is 90.5 Å². The number of hydrogen-bond acceptors (Lipinski definition) is 1. The Bertz CT molecular complexity index is 329. The molecule has 15 heavy (non-hydrogen) atoms. The first-order valence-electron chi connectivity index (χ1n) is 5.66. The Morgan fingerprint density at radius 3 is 2.80 bits per heavy atom. The number of hydrogen-bond donors (Lipinski definition) is 1. The van der Waals surface area contributed by atoms with Gasteiger partial charge in [0, 0.05) is 6.04 Å². The lowest BCUT2D eigenvalue weighted by molar-refractivity contribution is 0.236. The molecule has 1 aromatic carbocycles. The van der Waals surface area contributed by atoms with Gasteiger partial charge in [0.1, 0.15) is 5.82 Å². The molecule has 2 N–H and O–H groups in total. The van der Waals surface area contributed by atoms with Crippen LogP contribution in [0.1, 0.15) is 37.7 Å². The van der Waals surface area contributed by atoms with Crippen LogP contribution in [0.2, 0.25) is 0 Å². The first-order chi connectivity index (χ1) is 7.15. The van der Waals surface area contributed by atoms with E-state index in [0.717, 1.165) is 17.9 Å². The summed E-state index contributed by atoms with van der Waals surface area (Å²) in [6.45, 7) is 2.05. The normalized spacial score (nSPS) is 27.1. The molecule has 0 saturated heterocycles. The minimum absolute atomic E-state index is 0.122. The summed E-state index contributed by atoms with van der Waals surface area (Å²) in [5, 5.41) is 0. The highest BCUT2D eigenvalue weighted by molar-refractivity contribution is 5.23. The molecule has 2 rings (SSSR count). The molecule has 1 aliphatic rings. The van der Waals surface area contributed by atoms with E-state index in [1.807, 2.05) is 6.07 Å². The van der Waals surface area contributed by atoms with Crippen molar-refractivity contribution in [3.63, 3.8) is 0 Å². The van der Waals surface area contributed by atoms with Crippen molar-refractivity contribution < 1.29 is 4.39 Å². The van der Waals surface area contributed by atoms with Gasteiger partial charge in [0.2, 0.25) is 0 Å². The van der Waals surface area contributed by atoms with E-state index in [9.17, 15) is 4.39 Å². The molecule has 0 aliphatic heterocycles. The zero-order chi connectivity index (χ0) is 10.8. The first kappa shape index (κ1) is 10.6. The van der Waals surface area contributed by atoms with Crippen molar-refractivity contribution in [2.24, 2.45) is 11.7 Å². The fourth-order valence-corrected chi connectivity index (χ4v) is 2.49. The number of halogens is 1. The van der Waals surface area contributed by atoms with Crippen molar-refractivity contribution in [2.75, 3.05) is 0 Å². The van der Waals surface area contributed by atoms with Crippen molar-refractivity contribution in [3.8, 4) is 0 Å². The van der Waals surface area contributed by atoms with Crippen LogP contribution in [0.15, 0.2) is 24.3 Å². The van der Waals surface area contributed by atoms with E-state index >= 15 is 0 Å². The second kappa shape index (κ2) is 4.31. The summed E-state index contributed by atoms with van der Waals surface area (Å²) in [6, 6.07) is 7.27. The van der Waals surface area contributed by atoms with Crippen LogP contribution in [0.4, 0.5) is 4.39 Å². The summed E-state index contributed by atoms with van der Waals surface area (Å²) in [7, 11) is 0. The Morgan fingerprint density at radius 1 is 1.47 bits per heavy atom. The summed E-state index contributed by atoms with van der Waals surface area (Å²) in [4.78, 5) is 0. The van der Waals surface area contributed by atoms with Crippen LogP contribution in [0.25, 0.3) is 0 Å². The molecule has 82 valence electrons. The second-order valence-corrected chi connectivity index (χ2v) is 4.80.